The minimum absolute atomic E-state index is 0.0908. The summed E-state index contributed by atoms with van der Waals surface area (Å²) in [5.41, 5.74) is 4.36. The van der Waals surface area contributed by atoms with Crippen LogP contribution in [0, 0.1) is 0 Å². The Kier molecular flexibility index (Phi) is 9.96. The molecule has 1 aliphatic rings. The summed E-state index contributed by atoms with van der Waals surface area (Å²) in [6, 6.07) is 15.6. The first kappa shape index (κ1) is 26.8. The van der Waals surface area contributed by atoms with Crippen molar-refractivity contribution in [3.63, 3.8) is 0 Å². The number of amides is 3. The molecule has 1 heterocycles. The van der Waals surface area contributed by atoms with Crippen LogP contribution in [-0.2, 0) is 37.0 Å². The van der Waals surface area contributed by atoms with E-state index in [-0.39, 0.29) is 18.9 Å². The van der Waals surface area contributed by atoms with E-state index >= 15 is 0 Å². The van der Waals surface area contributed by atoms with Crippen molar-refractivity contribution in [3.8, 4) is 0 Å². The zero-order valence-corrected chi connectivity index (χ0v) is 20.2. The Morgan fingerprint density at radius 3 is 2.28 bits per heavy atom. The number of carbonyl (C=O) groups is 4. The molecule has 1 fully saturated rings. The molecule has 0 unspecified atom stereocenters. The monoisotopic (exact) mass is 496 g/mol. The smallest absolute Gasteiger partial charge is 0.326 e. The van der Waals surface area contributed by atoms with Crippen LogP contribution in [0.15, 0.2) is 60.7 Å². The molecule has 3 atom stereocenters. The molecule has 0 aliphatic carbocycles. The van der Waals surface area contributed by atoms with Gasteiger partial charge in [0.2, 0.25) is 17.7 Å². The van der Waals surface area contributed by atoms with Crippen LogP contribution in [0.2, 0.25) is 0 Å². The Morgan fingerprint density at radius 1 is 1.00 bits per heavy atom. The molecule has 3 rings (SSSR count). The number of aliphatic carboxylic acids is 1. The largest absolute Gasteiger partial charge is 0.480 e. The van der Waals surface area contributed by atoms with Crippen LogP contribution in [0.1, 0.15) is 30.9 Å². The van der Waals surface area contributed by atoms with Gasteiger partial charge in [0, 0.05) is 13.0 Å². The van der Waals surface area contributed by atoms with Crippen molar-refractivity contribution in [1.82, 2.24) is 21.0 Å². The van der Waals surface area contributed by atoms with Gasteiger partial charge in [-0.3, -0.25) is 19.2 Å². The molecule has 1 saturated heterocycles. The maximum absolute atomic E-state index is 12.8. The fourth-order valence-electron chi connectivity index (χ4n) is 3.98. The minimum Gasteiger partial charge on any atom is -0.480 e. The number of carboxylic acid groups (broad SMARTS) is 1. The van der Waals surface area contributed by atoms with E-state index in [4.69, 9.17) is 4.84 Å². The lowest BCUT2D eigenvalue weighted by atomic mass is 10.1. The standard InChI is InChI=1S/C26H32N4O6/c1-18(24(32)29-21(26(34)35)15-19-9-4-2-5-10-19)28-25(33)22-13-8-14-30(22)23(31)16-27-36-17-20-11-6-3-7-12-20/h2-7,9-12,18,21-22,27H,8,13-17H2,1H3,(H,28,33)(H,29,32)(H,34,35)/t18-,21-,22-/m0/s1. The fourth-order valence-corrected chi connectivity index (χ4v) is 3.98. The van der Waals surface area contributed by atoms with Gasteiger partial charge in [-0.25, -0.2) is 4.79 Å². The van der Waals surface area contributed by atoms with Crippen LogP contribution in [-0.4, -0.2) is 64.9 Å². The molecule has 36 heavy (non-hydrogen) atoms. The number of hydrogen-bond donors (Lipinski definition) is 4. The molecule has 4 N–H and O–H groups in total. The van der Waals surface area contributed by atoms with Crippen LogP contribution in [0.3, 0.4) is 0 Å². The van der Waals surface area contributed by atoms with Crippen molar-refractivity contribution in [1.29, 1.82) is 0 Å². The zero-order chi connectivity index (χ0) is 25.9. The molecule has 0 radical (unpaired) electrons. The van der Waals surface area contributed by atoms with Gasteiger partial charge in [0.15, 0.2) is 0 Å². The van der Waals surface area contributed by atoms with E-state index in [1.54, 1.807) is 24.3 Å². The third-order valence-electron chi connectivity index (χ3n) is 5.93. The Hall–Kier alpha value is -3.76. The summed E-state index contributed by atoms with van der Waals surface area (Å²) in [5, 5.41) is 14.6. The number of hydroxylamine groups is 1. The number of carbonyl (C=O) groups excluding carboxylic acids is 3. The van der Waals surface area contributed by atoms with Crippen molar-refractivity contribution in [2.45, 2.75) is 50.9 Å². The third kappa shape index (κ3) is 7.89. The van der Waals surface area contributed by atoms with Gasteiger partial charge in [0.1, 0.15) is 24.7 Å². The topological polar surface area (TPSA) is 137 Å². The summed E-state index contributed by atoms with van der Waals surface area (Å²) in [4.78, 5) is 56.5. The average molecular weight is 497 g/mol. The molecule has 0 bridgehead atoms. The van der Waals surface area contributed by atoms with Crippen molar-refractivity contribution in [3.05, 3.63) is 71.8 Å². The molecule has 0 saturated carbocycles. The highest BCUT2D eigenvalue weighted by Crippen LogP contribution is 2.17. The molecule has 10 heteroatoms. The molecule has 0 spiro atoms. The van der Waals surface area contributed by atoms with Crippen LogP contribution in [0.25, 0.3) is 0 Å². The van der Waals surface area contributed by atoms with E-state index in [9.17, 15) is 24.3 Å². The van der Waals surface area contributed by atoms with E-state index in [2.05, 4.69) is 16.1 Å². The average Bonchev–Trinajstić information content (AvgIpc) is 3.37. The van der Waals surface area contributed by atoms with Crippen LogP contribution in [0.5, 0.6) is 0 Å². The highest BCUT2D eigenvalue weighted by atomic mass is 16.6. The third-order valence-corrected chi connectivity index (χ3v) is 5.93. The number of rotatable bonds is 12. The van der Waals surface area contributed by atoms with E-state index < -0.39 is 35.9 Å². The lowest BCUT2D eigenvalue weighted by Crippen LogP contribution is -2.55. The van der Waals surface area contributed by atoms with Crippen molar-refractivity contribution in [2.75, 3.05) is 13.1 Å². The number of nitrogens with zero attached hydrogens (tertiary/aromatic N) is 1. The molecular formula is C26H32N4O6. The van der Waals surface area contributed by atoms with Gasteiger partial charge < -0.3 is 20.6 Å². The molecule has 192 valence electrons. The summed E-state index contributed by atoms with van der Waals surface area (Å²) in [6.45, 7) is 2.11. The first-order valence-electron chi connectivity index (χ1n) is 11.9. The summed E-state index contributed by atoms with van der Waals surface area (Å²) in [6.07, 6.45) is 1.25. The number of carboxylic acids is 1. The Bertz CT molecular complexity index is 1030. The Morgan fingerprint density at radius 2 is 1.64 bits per heavy atom. The van der Waals surface area contributed by atoms with Gasteiger partial charge in [0.25, 0.3) is 0 Å². The van der Waals surface area contributed by atoms with E-state index in [1.807, 2.05) is 36.4 Å². The van der Waals surface area contributed by atoms with Gasteiger partial charge in [0.05, 0.1) is 6.61 Å². The lowest BCUT2D eigenvalue weighted by molar-refractivity contribution is -0.143. The van der Waals surface area contributed by atoms with Crippen molar-refractivity contribution < 1.29 is 29.1 Å². The predicted molar refractivity (Wildman–Crippen MR) is 131 cm³/mol. The summed E-state index contributed by atoms with van der Waals surface area (Å²) < 4.78 is 0. The molecule has 3 amide bonds. The normalized spacial score (nSPS) is 16.7. The molecule has 10 nitrogen and oxygen atoms in total. The fraction of sp³-hybridized carbons (Fsp3) is 0.385. The van der Waals surface area contributed by atoms with Gasteiger partial charge in [-0.05, 0) is 30.9 Å². The van der Waals surface area contributed by atoms with Gasteiger partial charge >= 0.3 is 5.97 Å². The second-order valence-electron chi connectivity index (χ2n) is 8.66. The second kappa shape index (κ2) is 13.4. The quantitative estimate of drug-likeness (QED) is 0.254. The maximum atomic E-state index is 12.8. The van der Waals surface area contributed by atoms with Crippen molar-refractivity contribution >= 4 is 23.7 Å². The number of hydrogen-bond acceptors (Lipinski definition) is 6. The van der Waals surface area contributed by atoms with Crippen molar-refractivity contribution in [2.24, 2.45) is 0 Å². The molecule has 2 aromatic rings. The van der Waals surface area contributed by atoms with E-state index in [0.29, 0.717) is 26.0 Å². The van der Waals surface area contributed by atoms with Gasteiger partial charge in [-0.1, -0.05) is 60.7 Å². The first-order valence-corrected chi connectivity index (χ1v) is 11.9. The van der Waals surface area contributed by atoms with Gasteiger partial charge in [-0.15, -0.1) is 0 Å². The Balaban J connectivity index is 1.46. The molecule has 0 aromatic heterocycles. The van der Waals surface area contributed by atoms with Crippen LogP contribution in [0.4, 0.5) is 0 Å². The predicted octanol–water partition coefficient (Wildman–Crippen LogP) is 1.02. The maximum Gasteiger partial charge on any atom is 0.326 e. The van der Waals surface area contributed by atoms with Crippen LogP contribution < -0.4 is 16.1 Å². The number of benzene rings is 2. The minimum atomic E-state index is -1.17. The summed E-state index contributed by atoms with van der Waals surface area (Å²) >= 11 is 0. The molecular weight excluding hydrogens is 464 g/mol. The second-order valence-corrected chi connectivity index (χ2v) is 8.66. The van der Waals surface area contributed by atoms with E-state index in [0.717, 1.165) is 11.1 Å². The highest BCUT2D eigenvalue weighted by Gasteiger charge is 2.35. The SMILES string of the molecule is C[C@H](NC(=O)[C@@H]1CCCN1C(=O)CNOCc1ccccc1)C(=O)N[C@@H](Cc1ccccc1)C(=O)O. The molecule has 2 aromatic carbocycles. The summed E-state index contributed by atoms with van der Waals surface area (Å²) in [5.74, 6) is -2.52. The number of nitrogens with one attached hydrogen (secondary N) is 3. The zero-order valence-electron chi connectivity index (χ0n) is 20.2. The van der Waals surface area contributed by atoms with Crippen LogP contribution >= 0.6 is 0 Å². The van der Waals surface area contributed by atoms with Gasteiger partial charge in [-0.2, -0.15) is 5.48 Å². The lowest BCUT2D eigenvalue weighted by Gasteiger charge is -2.26. The first-order chi connectivity index (χ1) is 17.3. The van der Waals surface area contributed by atoms with E-state index in [1.165, 1.54) is 11.8 Å². The Labute approximate surface area is 210 Å². The number of likely N-dealkylation sites (tertiary alicyclic amines) is 1. The summed E-state index contributed by atoms with van der Waals surface area (Å²) in [7, 11) is 0. The highest BCUT2D eigenvalue weighted by molar-refractivity contribution is 5.93. The molecule has 1 aliphatic heterocycles.